The van der Waals surface area contributed by atoms with Crippen molar-refractivity contribution >= 4 is 5.97 Å². The molecule has 4 rings (SSSR count). The quantitative estimate of drug-likeness (QED) is 0.339. The molecule has 0 saturated heterocycles. The number of ether oxygens (including phenoxy) is 2. The maximum Gasteiger partial charge on any atom is 0.343 e. The molecule has 2 saturated carbocycles. The molecule has 0 N–H and O–H groups in total. The van der Waals surface area contributed by atoms with E-state index < -0.39 is 17.4 Å². The number of para-hydroxylation sites is 1. The molecule has 2 fully saturated rings. The molecule has 0 heterocycles. The minimum absolute atomic E-state index is 0.0670. The van der Waals surface area contributed by atoms with E-state index in [0.29, 0.717) is 11.7 Å². The van der Waals surface area contributed by atoms with E-state index in [1.54, 1.807) is 24.3 Å². The summed E-state index contributed by atoms with van der Waals surface area (Å²) in [7, 11) is 0. The van der Waals surface area contributed by atoms with Crippen LogP contribution in [0.1, 0.15) is 68.1 Å². The van der Waals surface area contributed by atoms with Gasteiger partial charge in [0.1, 0.15) is 5.75 Å². The standard InChI is InChI=1S/C26H27FO3/c27-23-14-13-21(25(28)29-22-11-5-2-6-12-22)19-24(23)30-26(16-7-8-17-26)18-15-20-9-3-1-4-10-20/h2,5-6,11-14,19-20H,1,3-4,7-10,16-17H2. The number of halogens is 1. The van der Waals surface area contributed by atoms with Crippen LogP contribution >= 0.6 is 0 Å². The lowest BCUT2D eigenvalue weighted by Crippen LogP contribution is -2.31. The van der Waals surface area contributed by atoms with Gasteiger partial charge in [0.15, 0.2) is 17.2 Å². The summed E-state index contributed by atoms with van der Waals surface area (Å²) in [5, 5.41) is 0. The van der Waals surface area contributed by atoms with Crippen LogP contribution in [0.4, 0.5) is 4.39 Å². The number of hydrogen-bond donors (Lipinski definition) is 0. The van der Waals surface area contributed by atoms with Crippen LogP contribution in [0, 0.1) is 23.6 Å². The summed E-state index contributed by atoms with van der Waals surface area (Å²) in [6, 6.07) is 12.9. The van der Waals surface area contributed by atoms with Crippen molar-refractivity contribution in [3.63, 3.8) is 0 Å². The topological polar surface area (TPSA) is 35.5 Å². The summed E-state index contributed by atoms with van der Waals surface area (Å²) >= 11 is 0. The molecule has 4 heteroatoms. The number of esters is 1. The van der Waals surface area contributed by atoms with E-state index in [2.05, 4.69) is 11.8 Å². The molecule has 156 valence electrons. The van der Waals surface area contributed by atoms with Crippen LogP contribution in [0.3, 0.4) is 0 Å². The minimum Gasteiger partial charge on any atom is -0.471 e. The Labute approximate surface area is 177 Å². The van der Waals surface area contributed by atoms with Crippen molar-refractivity contribution in [3.8, 4) is 23.3 Å². The van der Waals surface area contributed by atoms with E-state index in [1.165, 1.54) is 37.5 Å². The minimum atomic E-state index is -0.666. The number of benzene rings is 2. The Balaban J connectivity index is 1.53. The first kappa shape index (κ1) is 20.5. The van der Waals surface area contributed by atoms with Gasteiger partial charge in [0.25, 0.3) is 0 Å². The molecular weight excluding hydrogens is 379 g/mol. The lowest BCUT2D eigenvalue weighted by Gasteiger charge is -2.26. The highest BCUT2D eigenvalue weighted by atomic mass is 19.1. The number of rotatable bonds is 4. The average molecular weight is 406 g/mol. The molecule has 0 aliphatic heterocycles. The Bertz CT molecular complexity index is 930. The van der Waals surface area contributed by atoms with Crippen LogP contribution in [0.25, 0.3) is 0 Å². The summed E-state index contributed by atoms with van der Waals surface area (Å²) in [6.45, 7) is 0. The Hall–Kier alpha value is -2.80. The number of hydrogen-bond acceptors (Lipinski definition) is 3. The first-order valence-corrected chi connectivity index (χ1v) is 10.9. The third-order valence-electron chi connectivity index (χ3n) is 5.95. The molecule has 0 atom stereocenters. The van der Waals surface area contributed by atoms with E-state index in [9.17, 15) is 9.18 Å². The van der Waals surface area contributed by atoms with E-state index in [4.69, 9.17) is 9.47 Å². The fraction of sp³-hybridized carbons (Fsp3) is 0.423. The van der Waals surface area contributed by atoms with Gasteiger partial charge in [-0.3, -0.25) is 0 Å². The highest BCUT2D eigenvalue weighted by Gasteiger charge is 2.35. The van der Waals surface area contributed by atoms with Crippen molar-refractivity contribution in [1.29, 1.82) is 0 Å². The fourth-order valence-electron chi connectivity index (χ4n) is 4.25. The molecular formula is C26H27FO3. The van der Waals surface area contributed by atoms with E-state index >= 15 is 0 Å². The van der Waals surface area contributed by atoms with Crippen molar-refractivity contribution in [2.45, 2.75) is 63.4 Å². The van der Waals surface area contributed by atoms with Gasteiger partial charge in [0, 0.05) is 5.92 Å². The van der Waals surface area contributed by atoms with Crippen LogP contribution in [0.15, 0.2) is 48.5 Å². The predicted molar refractivity (Wildman–Crippen MR) is 114 cm³/mol. The van der Waals surface area contributed by atoms with Crippen molar-refractivity contribution < 1.29 is 18.7 Å². The monoisotopic (exact) mass is 406 g/mol. The average Bonchev–Trinajstić information content (AvgIpc) is 3.24. The van der Waals surface area contributed by atoms with Crippen molar-refractivity contribution in [2.75, 3.05) is 0 Å². The third-order valence-corrected chi connectivity index (χ3v) is 5.95. The summed E-state index contributed by atoms with van der Waals surface area (Å²) in [4.78, 5) is 12.5. The molecule has 2 aliphatic carbocycles. The second-order valence-corrected chi connectivity index (χ2v) is 8.26. The lowest BCUT2D eigenvalue weighted by molar-refractivity contribution is 0.0732. The molecule has 0 spiro atoms. The van der Waals surface area contributed by atoms with Gasteiger partial charge in [0.05, 0.1) is 5.56 Å². The van der Waals surface area contributed by atoms with Crippen molar-refractivity contribution in [3.05, 3.63) is 59.9 Å². The van der Waals surface area contributed by atoms with Gasteiger partial charge >= 0.3 is 5.97 Å². The lowest BCUT2D eigenvalue weighted by atomic mass is 9.89. The van der Waals surface area contributed by atoms with E-state index in [0.717, 1.165) is 38.5 Å². The normalized spacial score (nSPS) is 18.3. The molecule has 2 aliphatic rings. The summed E-state index contributed by atoms with van der Waals surface area (Å²) in [5.74, 6) is 6.69. The molecule has 0 radical (unpaired) electrons. The van der Waals surface area contributed by atoms with Crippen LogP contribution < -0.4 is 9.47 Å². The Morgan fingerprint density at radius 2 is 1.70 bits per heavy atom. The highest BCUT2D eigenvalue weighted by Crippen LogP contribution is 2.36. The molecule has 0 bridgehead atoms. The Morgan fingerprint density at radius 1 is 0.967 bits per heavy atom. The molecule has 0 unspecified atom stereocenters. The van der Waals surface area contributed by atoms with Gasteiger partial charge < -0.3 is 9.47 Å². The van der Waals surface area contributed by atoms with E-state index in [-0.39, 0.29) is 11.3 Å². The molecule has 2 aromatic rings. The Morgan fingerprint density at radius 3 is 2.43 bits per heavy atom. The van der Waals surface area contributed by atoms with Crippen LogP contribution in [-0.2, 0) is 0 Å². The molecule has 2 aromatic carbocycles. The molecule has 0 amide bonds. The summed E-state index contributed by atoms with van der Waals surface area (Å²) in [6.07, 6.45) is 9.61. The van der Waals surface area contributed by atoms with Crippen LogP contribution in [0.2, 0.25) is 0 Å². The van der Waals surface area contributed by atoms with Crippen LogP contribution in [0.5, 0.6) is 11.5 Å². The largest absolute Gasteiger partial charge is 0.471 e. The van der Waals surface area contributed by atoms with Gasteiger partial charge in [-0.2, -0.15) is 0 Å². The fourth-order valence-corrected chi connectivity index (χ4v) is 4.25. The maximum atomic E-state index is 14.6. The SMILES string of the molecule is O=C(Oc1ccccc1)c1ccc(F)c(OC2(C#CC3CCCCC3)CCCC2)c1. The second kappa shape index (κ2) is 9.34. The predicted octanol–water partition coefficient (Wildman–Crippen LogP) is 6.32. The van der Waals surface area contributed by atoms with E-state index in [1.807, 2.05) is 6.07 Å². The van der Waals surface area contributed by atoms with Gasteiger partial charge in [-0.15, -0.1) is 0 Å². The van der Waals surface area contributed by atoms with Gasteiger partial charge in [-0.05, 0) is 68.9 Å². The number of carbonyl (C=O) groups is 1. The first-order chi connectivity index (χ1) is 14.6. The Kier molecular flexibility index (Phi) is 6.38. The second-order valence-electron chi connectivity index (χ2n) is 8.26. The van der Waals surface area contributed by atoms with Gasteiger partial charge in [-0.25, -0.2) is 9.18 Å². The molecule has 3 nitrogen and oxygen atoms in total. The maximum absolute atomic E-state index is 14.6. The summed E-state index contributed by atoms with van der Waals surface area (Å²) in [5.41, 5.74) is -0.413. The first-order valence-electron chi connectivity index (χ1n) is 10.9. The molecule has 30 heavy (non-hydrogen) atoms. The molecule has 0 aromatic heterocycles. The van der Waals surface area contributed by atoms with Crippen molar-refractivity contribution in [1.82, 2.24) is 0 Å². The van der Waals surface area contributed by atoms with Gasteiger partial charge in [-0.1, -0.05) is 49.3 Å². The third kappa shape index (κ3) is 5.02. The summed E-state index contributed by atoms with van der Waals surface area (Å²) < 4.78 is 26.1. The van der Waals surface area contributed by atoms with Gasteiger partial charge in [0.2, 0.25) is 0 Å². The number of carbonyl (C=O) groups excluding carboxylic acids is 1. The zero-order valence-corrected chi connectivity index (χ0v) is 17.2. The smallest absolute Gasteiger partial charge is 0.343 e. The highest BCUT2D eigenvalue weighted by molar-refractivity contribution is 5.91. The van der Waals surface area contributed by atoms with Crippen LogP contribution in [-0.4, -0.2) is 11.6 Å². The zero-order valence-electron chi connectivity index (χ0n) is 17.2. The zero-order chi connectivity index (χ0) is 20.8. The van der Waals surface area contributed by atoms with Crippen molar-refractivity contribution in [2.24, 2.45) is 5.92 Å².